The fourth-order valence-electron chi connectivity index (χ4n) is 1.59. The first-order chi connectivity index (χ1) is 7.65. The molecule has 1 aliphatic rings. The van der Waals surface area contributed by atoms with E-state index >= 15 is 0 Å². The average molecular weight is 228 g/mol. The smallest absolute Gasteiger partial charge is 0.305 e. The Bertz CT molecular complexity index is 252. The molecule has 1 amide bonds. The summed E-state index contributed by atoms with van der Waals surface area (Å²) in [5.41, 5.74) is 0. The minimum Gasteiger partial charge on any atom is -0.481 e. The van der Waals surface area contributed by atoms with Crippen molar-refractivity contribution in [1.82, 2.24) is 10.2 Å². The maximum atomic E-state index is 11.8. The molecule has 1 saturated carbocycles. The molecule has 92 valence electrons. The summed E-state index contributed by atoms with van der Waals surface area (Å²) in [4.78, 5) is 24.0. The molecule has 0 aromatic carbocycles. The number of hydrogen-bond acceptors (Lipinski definition) is 3. The first-order valence-corrected chi connectivity index (χ1v) is 5.87. The Hall–Kier alpha value is -1.10. The summed E-state index contributed by atoms with van der Waals surface area (Å²) in [5, 5.41) is 11.7. The minimum absolute atomic E-state index is 0.0252. The Morgan fingerprint density at radius 2 is 2.12 bits per heavy atom. The molecule has 0 spiro atoms. The lowest BCUT2D eigenvalue weighted by Crippen LogP contribution is -2.40. The molecule has 2 N–H and O–H groups in total. The van der Waals surface area contributed by atoms with Gasteiger partial charge in [-0.25, -0.2) is 0 Å². The van der Waals surface area contributed by atoms with Gasteiger partial charge in [0.1, 0.15) is 0 Å². The molecular formula is C11H20N2O3. The van der Waals surface area contributed by atoms with Crippen LogP contribution in [0.2, 0.25) is 0 Å². The van der Waals surface area contributed by atoms with Crippen LogP contribution in [0.25, 0.3) is 0 Å². The fourth-order valence-corrected chi connectivity index (χ4v) is 1.59. The van der Waals surface area contributed by atoms with Crippen molar-refractivity contribution in [2.24, 2.45) is 0 Å². The third-order valence-electron chi connectivity index (χ3n) is 2.58. The number of amides is 1. The summed E-state index contributed by atoms with van der Waals surface area (Å²) in [6.07, 6.45) is 3.06. The second kappa shape index (κ2) is 6.48. The molecule has 0 saturated heterocycles. The van der Waals surface area contributed by atoms with E-state index in [-0.39, 0.29) is 18.4 Å². The highest BCUT2D eigenvalue weighted by Gasteiger charge is 2.32. The van der Waals surface area contributed by atoms with Crippen LogP contribution in [0.4, 0.5) is 0 Å². The van der Waals surface area contributed by atoms with Crippen LogP contribution in [0.15, 0.2) is 0 Å². The Morgan fingerprint density at radius 3 is 2.62 bits per heavy atom. The zero-order chi connectivity index (χ0) is 12.0. The molecule has 5 nitrogen and oxygen atoms in total. The molecular weight excluding hydrogens is 208 g/mol. The first kappa shape index (κ1) is 13.0. The first-order valence-electron chi connectivity index (χ1n) is 5.87. The third kappa shape index (κ3) is 4.61. The van der Waals surface area contributed by atoms with E-state index in [0.717, 1.165) is 25.8 Å². The average Bonchev–Trinajstić information content (AvgIpc) is 3.02. The molecule has 0 aromatic heterocycles. The predicted molar refractivity (Wildman–Crippen MR) is 60.1 cm³/mol. The van der Waals surface area contributed by atoms with Crippen molar-refractivity contribution in [1.29, 1.82) is 0 Å². The molecule has 16 heavy (non-hydrogen) atoms. The van der Waals surface area contributed by atoms with E-state index in [2.05, 4.69) is 5.32 Å². The summed E-state index contributed by atoms with van der Waals surface area (Å²) >= 11 is 0. The lowest BCUT2D eigenvalue weighted by atomic mass is 10.3. The quantitative estimate of drug-likeness (QED) is 0.592. The number of rotatable bonds is 8. The normalized spacial score (nSPS) is 14.8. The van der Waals surface area contributed by atoms with Gasteiger partial charge in [0.05, 0.1) is 13.0 Å². The predicted octanol–water partition coefficient (Wildman–Crippen LogP) is 0.452. The van der Waals surface area contributed by atoms with Crippen molar-refractivity contribution < 1.29 is 14.7 Å². The molecule has 0 atom stereocenters. The van der Waals surface area contributed by atoms with Crippen LogP contribution < -0.4 is 5.32 Å². The second-order valence-corrected chi connectivity index (χ2v) is 4.14. The number of nitrogens with one attached hydrogen (secondary N) is 1. The van der Waals surface area contributed by atoms with Crippen LogP contribution in [-0.4, -0.2) is 47.6 Å². The minimum atomic E-state index is -0.847. The van der Waals surface area contributed by atoms with Gasteiger partial charge in [-0.05, 0) is 25.8 Å². The Labute approximate surface area is 95.8 Å². The van der Waals surface area contributed by atoms with Gasteiger partial charge >= 0.3 is 5.97 Å². The van der Waals surface area contributed by atoms with E-state index < -0.39 is 5.97 Å². The topological polar surface area (TPSA) is 69.6 Å². The van der Waals surface area contributed by atoms with Gasteiger partial charge in [-0.15, -0.1) is 0 Å². The van der Waals surface area contributed by atoms with Crippen molar-refractivity contribution in [3.8, 4) is 0 Å². The Balaban J connectivity index is 2.30. The van der Waals surface area contributed by atoms with E-state index in [0.29, 0.717) is 13.1 Å². The van der Waals surface area contributed by atoms with Gasteiger partial charge in [0, 0.05) is 12.6 Å². The van der Waals surface area contributed by atoms with Crippen molar-refractivity contribution >= 4 is 11.9 Å². The van der Waals surface area contributed by atoms with E-state index in [9.17, 15) is 9.59 Å². The molecule has 0 heterocycles. The molecule has 0 radical (unpaired) electrons. The zero-order valence-electron chi connectivity index (χ0n) is 9.74. The highest BCUT2D eigenvalue weighted by atomic mass is 16.4. The maximum Gasteiger partial charge on any atom is 0.305 e. The molecule has 1 rings (SSSR count). The summed E-state index contributed by atoms with van der Waals surface area (Å²) < 4.78 is 0. The van der Waals surface area contributed by atoms with Crippen LogP contribution in [0.1, 0.15) is 32.6 Å². The van der Waals surface area contributed by atoms with Crippen LogP contribution >= 0.6 is 0 Å². The fraction of sp³-hybridized carbons (Fsp3) is 0.818. The molecule has 1 aliphatic carbocycles. The van der Waals surface area contributed by atoms with Crippen LogP contribution in [-0.2, 0) is 9.59 Å². The van der Waals surface area contributed by atoms with Crippen LogP contribution in [0.5, 0.6) is 0 Å². The number of carboxylic acid groups (broad SMARTS) is 1. The number of nitrogens with zero attached hydrogens (tertiary/aromatic N) is 1. The third-order valence-corrected chi connectivity index (χ3v) is 2.58. The summed E-state index contributed by atoms with van der Waals surface area (Å²) in [7, 11) is 0. The summed E-state index contributed by atoms with van der Waals surface area (Å²) in [6.45, 7) is 3.53. The molecule has 0 aliphatic heterocycles. The van der Waals surface area contributed by atoms with E-state index in [1.807, 2.05) is 6.92 Å². The zero-order valence-corrected chi connectivity index (χ0v) is 9.74. The lowest BCUT2D eigenvalue weighted by Gasteiger charge is -2.21. The van der Waals surface area contributed by atoms with Gasteiger partial charge < -0.3 is 15.3 Å². The summed E-state index contributed by atoms with van der Waals surface area (Å²) in [5.74, 6) is -0.822. The van der Waals surface area contributed by atoms with Gasteiger partial charge in [-0.1, -0.05) is 6.92 Å². The lowest BCUT2D eigenvalue weighted by molar-refractivity contribution is -0.138. The molecule has 0 aromatic rings. The maximum absolute atomic E-state index is 11.8. The second-order valence-electron chi connectivity index (χ2n) is 4.14. The number of carbonyl (C=O) groups is 2. The van der Waals surface area contributed by atoms with Crippen molar-refractivity contribution in [3.63, 3.8) is 0 Å². The van der Waals surface area contributed by atoms with Crippen LogP contribution in [0, 0.1) is 0 Å². The van der Waals surface area contributed by atoms with Gasteiger partial charge in [0.25, 0.3) is 0 Å². The Kier molecular flexibility index (Phi) is 5.25. The molecule has 0 unspecified atom stereocenters. The van der Waals surface area contributed by atoms with Crippen molar-refractivity contribution in [2.75, 3.05) is 19.6 Å². The standard InChI is InChI=1S/C11H20N2O3/c1-2-6-12-8-10(14)13(9-3-4-9)7-5-11(15)16/h9,12H,2-8H2,1H3,(H,15,16). The van der Waals surface area contributed by atoms with Crippen molar-refractivity contribution in [3.05, 3.63) is 0 Å². The number of hydrogen-bond donors (Lipinski definition) is 2. The highest BCUT2D eigenvalue weighted by molar-refractivity contribution is 5.79. The molecule has 5 heteroatoms. The van der Waals surface area contributed by atoms with E-state index in [1.54, 1.807) is 4.90 Å². The van der Waals surface area contributed by atoms with E-state index in [4.69, 9.17) is 5.11 Å². The SMILES string of the molecule is CCCNCC(=O)N(CCC(=O)O)C1CC1. The highest BCUT2D eigenvalue weighted by Crippen LogP contribution is 2.26. The monoisotopic (exact) mass is 228 g/mol. The number of carboxylic acids is 1. The summed E-state index contributed by atoms with van der Waals surface area (Å²) in [6, 6.07) is 0.287. The molecule has 0 bridgehead atoms. The van der Waals surface area contributed by atoms with Crippen molar-refractivity contribution in [2.45, 2.75) is 38.6 Å². The van der Waals surface area contributed by atoms with Gasteiger partial charge in [-0.3, -0.25) is 9.59 Å². The Morgan fingerprint density at radius 1 is 1.44 bits per heavy atom. The van der Waals surface area contributed by atoms with Crippen LogP contribution in [0.3, 0.4) is 0 Å². The van der Waals surface area contributed by atoms with E-state index in [1.165, 1.54) is 0 Å². The van der Waals surface area contributed by atoms with Gasteiger partial charge in [0.2, 0.25) is 5.91 Å². The molecule has 1 fully saturated rings. The largest absolute Gasteiger partial charge is 0.481 e. The van der Waals surface area contributed by atoms with Gasteiger partial charge in [0.15, 0.2) is 0 Å². The number of carbonyl (C=O) groups excluding carboxylic acids is 1. The van der Waals surface area contributed by atoms with Gasteiger partial charge in [-0.2, -0.15) is 0 Å². The number of aliphatic carboxylic acids is 1.